The van der Waals surface area contributed by atoms with E-state index in [1.165, 1.54) is 0 Å². The monoisotopic (exact) mass is 299 g/mol. The number of para-hydroxylation sites is 2. The van der Waals surface area contributed by atoms with E-state index in [0.29, 0.717) is 16.9 Å². The Morgan fingerprint density at radius 2 is 1.74 bits per heavy atom. The fraction of sp³-hybridized carbons (Fsp3) is 0.0500. The first-order valence-corrected chi connectivity index (χ1v) is 7.34. The number of benzene rings is 2. The number of nitrogens with zero attached hydrogens (tertiary/aromatic N) is 1. The summed E-state index contributed by atoms with van der Waals surface area (Å²) in [5.41, 5.74) is 2.04. The summed E-state index contributed by atoms with van der Waals surface area (Å²) in [6.07, 6.45) is 1.75. The zero-order valence-corrected chi connectivity index (χ0v) is 12.3. The molecule has 23 heavy (non-hydrogen) atoms. The highest BCUT2D eigenvalue weighted by Crippen LogP contribution is 2.36. The molecule has 0 radical (unpaired) electrons. The van der Waals surface area contributed by atoms with Gasteiger partial charge in [0.2, 0.25) is 0 Å². The summed E-state index contributed by atoms with van der Waals surface area (Å²) in [5, 5.41) is 11.4. The molecule has 2 aromatic heterocycles. The van der Waals surface area contributed by atoms with Crippen LogP contribution in [-0.2, 0) is 0 Å². The van der Waals surface area contributed by atoms with Crippen LogP contribution in [0.3, 0.4) is 0 Å². The normalized spacial score (nSPS) is 12.3. The largest absolute Gasteiger partial charge is 0.460 e. The molecule has 0 aliphatic rings. The van der Waals surface area contributed by atoms with Gasteiger partial charge in [0.15, 0.2) is 0 Å². The van der Waals surface area contributed by atoms with Crippen molar-refractivity contribution in [2.45, 2.75) is 5.92 Å². The van der Waals surface area contributed by atoms with Gasteiger partial charge in [-0.2, -0.15) is 5.26 Å². The summed E-state index contributed by atoms with van der Waals surface area (Å²) in [5.74, 6) is 0.990. The third-order valence-corrected chi connectivity index (χ3v) is 4.00. The molecule has 0 fully saturated rings. The minimum Gasteiger partial charge on any atom is -0.460 e. The van der Waals surface area contributed by atoms with Crippen molar-refractivity contribution < 1.29 is 8.83 Å². The van der Waals surface area contributed by atoms with E-state index in [9.17, 15) is 5.26 Å². The molecule has 2 heterocycles. The van der Waals surface area contributed by atoms with Gasteiger partial charge in [0.25, 0.3) is 0 Å². The van der Waals surface area contributed by atoms with E-state index in [4.69, 9.17) is 8.83 Å². The van der Waals surface area contributed by atoms with Gasteiger partial charge in [-0.1, -0.05) is 36.4 Å². The summed E-state index contributed by atoms with van der Waals surface area (Å²) in [6.45, 7) is 3.90. The van der Waals surface area contributed by atoms with Crippen molar-refractivity contribution in [3.05, 3.63) is 84.3 Å². The smallest absolute Gasteiger partial charge is 0.137 e. The van der Waals surface area contributed by atoms with Crippen molar-refractivity contribution >= 4 is 21.9 Å². The minimum atomic E-state index is -0.301. The van der Waals surface area contributed by atoms with Crippen LogP contribution < -0.4 is 0 Å². The molecule has 0 amide bonds. The second kappa shape index (κ2) is 5.19. The topological polar surface area (TPSA) is 50.1 Å². The lowest BCUT2D eigenvalue weighted by molar-refractivity contribution is 0.488. The van der Waals surface area contributed by atoms with Crippen LogP contribution in [0.4, 0.5) is 0 Å². The van der Waals surface area contributed by atoms with Gasteiger partial charge in [-0.3, -0.25) is 0 Å². The van der Waals surface area contributed by atoms with Gasteiger partial charge in [-0.15, -0.1) is 6.58 Å². The van der Waals surface area contributed by atoms with Crippen LogP contribution in [0.15, 0.2) is 76.1 Å². The van der Waals surface area contributed by atoms with E-state index in [1.54, 1.807) is 6.08 Å². The third-order valence-electron chi connectivity index (χ3n) is 4.00. The van der Waals surface area contributed by atoms with Gasteiger partial charge in [-0.25, -0.2) is 0 Å². The quantitative estimate of drug-likeness (QED) is 0.478. The van der Waals surface area contributed by atoms with Gasteiger partial charge in [0.1, 0.15) is 34.3 Å². The Kier molecular flexibility index (Phi) is 3.03. The second-order valence-corrected chi connectivity index (χ2v) is 5.35. The molecule has 1 atom stereocenters. The third kappa shape index (κ3) is 2.04. The lowest BCUT2D eigenvalue weighted by Gasteiger charge is -2.06. The number of furan rings is 2. The van der Waals surface area contributed by atoms with E-state index < -0.39 is 0 Å². The average molecular weight is 299 g/mol. The fourth-order valence-electron chi connectivity index (χ4n) is 2.91. The lowest BCUT2D eigenvalue weighted by atomic mass is 9.99. The van der Waals surface area contributed by atoms with E-state index >= 15 is 0 Å². The molecule has 110 valence electrons. The Morgan fingerprint density at radius 1 is 1.00 bits per heavy atom. The summed E-state index contributed by atoms with van der Waals surface area (Å²) >= 11 is 0. The van der Waals surface area contributed by atoms with Crippen LogP contribution in [0.5, 0.6) is 0 Å². The first kappa shape index (κ1) is 13.4. The summed E-state index contributed by atoms with van der Waals surface area (Å²) < 4.78 is 11.9. The molecule has 3 heteroatoms. The molecular formula is C20H13NO2. The van der Waals surface area contributed by atoms with Crippen molar-refractivity contribution in [3.8, 4) is 6.07 Å². The van der Waals surface area contributed by atoms with Gasteiger partial charge in [0.05, 0.1) is 5.92 Å². The molecule has 3 nitrogen and oxygen atoms in total. The molecular weight excluding hydrogens is 286 g/mol. The van der Waals surface area contributed by atoms with E-state index in [1.807, 2.05) is 54.6 Å². The summed E-state index contributed by atoms with van der Waals surface area (Å²) in [6, 6.07) is 19.6. The van der Waals surface area contributed by atoms with Gasteiger partial charge >= 0.3 is 0 Å². The predicted molar refractivity (Wildman–Crippen MR) is 89.2 cm³/mol. The Labute approximate surface area is 133 Å². The predicted octanol–water partition coefficient (Wildman–Crippen LogP) is 5.37. The molecule has 1 unspecified atom stereocenters. The molecule has 0 bridgehead atoms. The van der Waals surface area contributed by atoms with Crippen LogP contribution in [-0.4, -0.2) is 0 Å². The number of rotatable bonds is 3. The molecule has 4 aromatic rings. The highest BCUT2D eigenvalue weighted by Gasteiger charge is 2.24. The SMILES string of the molecule is C=CC(c1cc2ccccc2o1)c1oc2ccccc2c1C#N. The maximum Gasteiger partial charge on any atom is 0.137 e. The molecule has 4 rings (SSSR count). The maximum absolute atomic E-state index is 9.56. The first-order chi connectivity index (χ1) is 11.3. The number of nitriles is 1. The zero-order chi connectivity index (χ0) is 15.8. The van der Waals surface area contributed by atoms with Gasteiger partial charge < -0.3 is 8.83 Å². The van der Waals surface area contributed by atoms with Crippen molar-refractivity contribution in [1.29, 1.82) is 5.26 Å². The Morgan fingerprint density at radius 3 is 2.48 bits per heavy atom. The molecule has 0 saturated carbocycles. The standard InChI is InChI=1S/C20H13NO2/c1-2-14(19-11-13-7-3-5-9-17(13)22-19)20-16(12-21)15-8-4-6-10-18(15)23-20/h2-11,14H,1H2. The molecule has 2 aromatic carbocycles. The highest BCUT2D eigenvalue weighted by atomic mass is 16.4. The second-order valence-electron chi connectivity index (χ2n) is 5.35. The molecule has 0 N–H and O–H groups in total. The van der Waals surface area contributed by atoms with E-state index in [0.717, 1.165) is 22.1 Å². The van der Waals surface area contributed by atoms with Gasteiger partial charge in [-0.05, 0) is 24.3 Å². The average Bonchev–Trinajstić information content (AvgIpc) is 3.16. The van der Waals surface area contributed by atoms with Crippen LogP contribution in [0.25, 0.3) is 21.9 Å². The minimum absolute atomic E-state index is 0.301. The number of hydrogen-bond acceptors (Lipinski definition) is 3. The number of hydrogen-bond donors (Lipinski definition) is 0. The van der Waals surface area contributed by atoms with Crippen LogP contribution in [0.2, 0.25) is 0 Å². The van der Waals surface area contributed by atoms with Crippen molar-refractivity contribution in [2.24, 2.45) is 0 Å². The summed E-state index contributed by atoms with van der Waals surface area (Å²) in [4.78, 5) is 0. The van der Waals surface area contributed by atoms with Gasteiger partial charge in [0, 0.05) is 10.8 Å². The maximum atomic E-state index is 9.56. The zero-order valence-electron chi connectivity index (χ0n) is 12.3. The van der Waals surface area contributed by atoms with Crippen molar-refractivity contribution in [1.82, 2.24) is 0 Å². The lowest BCUT2D eigenvalue weighted by Crippen LogP contribution is -1.96. The van der Waals surface area contributed by atoms with E-state index in [-0.39, 0.29) is 5.92 Å². The van der Waals surface area contributed by atoms with Crippen molar-refractivity contribution in [2.75, 3.05) is 0 Å². The van der Waals surface area contributed by atoms with Crippen LogP contribution >= 0.6 is 0 Å². The van der Waals surface area contributed by atoms with Crippen molar-refractivity contribution in [3.63, 3.8) is 0 Å². The van der Waals surface area contributed by atoms with Crippen LogP contribution in [0.1, 0.15) is 23.0 Å². The fourth-order valence-corrected chi connectivity index (χ4v) is 2.91. The summed E-state index contributed by atoms with van der Waals surface area (Å²) in [7, 11) is 0. The Bertz CT molecular complexity index is 1030. The van der Waals surface area contributed by atoms with Crippen LogP contribution in [0, 0.1) is 11.3 Å². The molecule has 0 aliphatic heterocycles. The molecule has 0 spiro atoms. The Balaban J connectivity index is 1.93. The molecule has 0 aliphatic carbocycles. The highest BCUT2D eigenvalue weighted by molar-refractivity contribution is 5.85. The number of allylic oxidation sites excluding steroid dienone is 1. The van der Waals surface area contributed by atoms with E-state index in [2.05, 4.69) is 12.6 Å². The Hall–Kier alpha value is -3.25. The molecule has 0 saturated heterocycles. The number of fused-ring (bicyclic) bond motifs is 2. The first-order valence-electron chi connectivity index (χ1n) is 7.34.